The van der Waals surface area contributed by atoms with Gasteiger partial charge in [0.1, 0.15) is 5.02 Å². The molecule has 1 saturated heterocycles. The fraction of sp³-hybridized carbons (Fsp3) is 0.636. The van der Waals surface area contributed by atoms with Gasteiger partial charge in [0.05, 0.1) is 13.3 Å². The van der Waals surface area contributed by atoms with Crippen LogP contribution in [0.25, 0.3) is 0 Å². The lowest BCUT2D eigenvalue weighted by Crippen LogP contribution is -2.41. The molecule has 0 saturated carbocycles. The van der Waals surface area contributed by atoms with Crippen LogP contribution >= 0.6 is 11.6 Å². The number of halogens is 1. The van der Waals surface area contributed by atoms with Crippen molar-refractivity contribution in [2.75, 3.05) is 19.0 Å². The van der Waals surface area contributed by atoms with Crippen LogP contribution in [0.1, 0.15) is 19.8 Å². The third-order valence-corrected chi connectivity index (χ3v) is 3.15. The zero-order valence-corrected chi connectivity index (χ0v) is 10.8. The molecule has 0 aromatic carbocycles. The second-order valence-corrected chi connectivity index (χ2v) is 4.68. The molecule has 1 aliphatic rings. The first kappa shape index (κ1) is 12.4. The smallest absolute Gasteiger partial charge is 0.318 e. The summed E-state index contributed by atoms with van der Waals surface area (Å²) in [6.45, 7) is 3.19. The quantitative estimate of drug-likeness (QED) is 0.862. The highest BCUT2D eigenvalue weighted by molar-refractivity contribution is 6.32. The van der Waals surface area contributed by atoms with Gasteiger partial charge in [0, 0.05) is 12.1 Å². The Morgan fingerprint density at radius 3 is 3.12 bits per heavy atom. The van der Waals surface area contributed by atoms with Gasteiger partial charge in [-0.25, -0.2) is 4.98 Å². The Balaban J connectivity index is 2.06. The topological polar surface area (TPSA) is 59.1 Å². The number of hydrogen-bond donors (Lipinski definition) is 2. The molecule has 0 spiro atoms. The number of nitrogens with one attached hydrogen (secondary N) is 2. The molecule has 2 N–H and O–H groups in total. The lowest BCUT2D eigenvalue weighted by Gasteiger charge is -2.29. The molecule has 1 aromatic rings. The predicted octanol–water partition coefficient (Wildman–Crippen LogP) is 1.69. The Morgan fingerprint density at radius 1 is 1.59 bits per heavy atom. The van der Waals surface area contributed by atoms with E-state index < -0.39 is 0 Å². The number of piperidine rings is 1. The van der Waals surface area contributed by atoms with Crippen molar-refractivity contribution >= 4 is 17.4 Å². The first-order chi connectivity index (χ1) is 8.19. The van der Waals surface area contributed by atoms with Crippen LogP contribution < -0.4 is 15.4 Å². The van der Waals surface area contributed by atoms with Gasteiger partial charge in [0.15, 0.2) is 5.82 Å². The highest BCUT2D eigenvalue weighted by atomic mass is 35.5. The van der Waals surface area contributed by atoms with E-state index >= 15 is 0 Å². The van der Waals surface area contributed by atoms with Gasteiger partial charge in [-0.05, 0) is 26.3 Å². The zero-order valence-electron chi connectivity index (χ0n) is 10.0. The molecule has 1 aliphatic heterocycles. The van der Waals surface area contributed by atoms with Crippen molar-refractivity contribution in [3.05, 3.63) is 11.2 Å². The van der Waals surface area contributed by atoms with E-state index in [0.29, 0.717) is 28.9 Å². The van der Waals surface area contributed by atoms with Gasteiger partial charge in [-0.1, -0.05) is 11.6 Å². The number of methoxy groups -OCH3 is 1. The van der Waals surface area contributed by atoms with Crippen LogP contribution in [0, 0.1) is 0 Å². The fourth-order valence-electron chi connectivity index (χ4n) is 2.01. The van der Waals surface area contributed by atoms with E-state index in [1.807, 2.05) is 0 Å². The van der Waals surface area contributed by atoms with Gasteiger partial charge in [-0.3, -0.25) is 0 Å². The van der Waals surface area contributed by atoms with Crippen molar-refractivity contribution < 1.29 is 4.74 Å². The third-order valence-electron chi connectivity index (χ3n) is 2.87. The van der Waals surface area contributed by atoms with Crippen molar-refractivity contribution in [1.29, 1.82) is 0 Å². The van der Waals surface area contributed by atoms with Gasteiger partial charge < -0.3 is 15.4 Å². The summed E-state index contributed by atoms with van der Waals surface area (Å²) in [6, 6.07) is 1.24. The molecule has 0 aliphatic carbocycles. The van der Waals surface area contributed by atoms with Crippen molar-refractivity contribution in [1.82, 2.24) is 15.3 Å². The fourth-order valence-corrected chi connectivity index (χ4v) is 2.15. The largest absolute Gasteiger partial charge is 0.467 e. The van der Waals surface area contributed by atoms with Gasteiger partial charge in [-0.2, -0.15) is 4.98 Å². The van der Waals surface area contributed by atoms with Gasteiger partial charge in [0.25, 0.3) is 0 Å². The number of hydrogen-bond acceptors (Lipinski definition) is 5. The van der Waals surface area contributed by atoms with E-state index in [0.717, 1.165) is 19.4 Å². The van der Waals surface area contributed by atoms with E-state index in [-0.39, 0.29) is 0 Å². The lowest BCUT2D eigenvalue weighted by atomic mass is 10.0. The van der Waals surface area contributed by atoms with Gasteiger partial charge >= 0.3 is 6.01 Å². The number of ether oxygens (including phenoxy) is 1. The summed E-state index contributed by atoms with van der Waals surface area (Å²) in [7, 11) is 1.54. The van der Waals surface area contributed by atoms with Crippen LogP contribution in [0.2, 0.25) is 5.02 Å². The van der Waals surface area contributed by atoms with Crippen molar-refractivity contribution in [3.8, 4) is 6.01 Å². The van der Waals surface area contributed by atoms with E-state index in [1.54, 1.807) is 13.3 Å². The summed E-state index contributed by atoms with van der Waals surface area (Å²) in [6.07, 6.45) is 3.68. The SMILES string of the molecule is COc1ncc(Cl)c(NC2CCNC(C)C2)n1. The maximum atomic E-state index is 6.05. The molecular formula is C11H17ClN4O. The van der Waals surface area contributed by atoms with Crippen LogP contribution in [0.5, 0.6) is 6.01 Å². The number of nitrogens with zero attached hydrogens (tertiary/aromatic N) is 2. The first-order valence-electron chi connectivity index (χ1n) is 5.75. The summed E-state index contributed by atoms with van der Waals surface area (Å²) < 4.78 is 4.99. The number of rotatable bonds is 3. The third kappa shape index (κ3) is 3.20. The minimum absolute atomic E-state index is 0.332. The van der Waals surface area contributed by atoms with E-state index in [2.05, 4.69) is 27.5 Å². The summed E-state index contributed by atoms with van der Waals surface area (Å²) in [4.78, 5) is 8.16. The number of aromatic nitrogens is 2. The molecule has 2 unspecified atom stereocenters. The monoisotopic (exact) mass is 256 g/mol. The molecule has 1 aromatic heterocycles. The molecule has 0 radical (unpaired) electrons. The molecule has 1 fully saturated rings. The van der Waals surface area contributed by atoms with Crippen LogP contribution in [0.15, 0.2) is 6.20 Å². The van der Waals surface area contributed by atoms with Crippen LogP contribution in [0.4, 0.5) is 5.82 Å². The Labute approximate surface area is 106 Å². The Kier molecular flexibility index (Phi) is 4.02. The normalized spacial score (nSPS) is 24.4. The summed E-state index contributed by atoms with van der Waals surface area (Å²) in [5.74, 6) is 0.651. The van der Waals surface area contributed by atoms with E-state index in [9.17, 15) is 0 Å². The molecule has 17 heavy (non-hydrogen) atoms. The minimum Gasteiger partial charge on any atom is -0.467 e. The van der Waals surface area contributed by atoms with Crippen molar-refractivity contribution in [2.45, 2.75) is 31.8 Å². The summed E-state index contributed by atoms with van der Waals surface area (Å²) in [5.41, 5.74) is 0. The minimum atomic E-state index is 0.332. The Morgan fingerprint density at radius 2 is 2.41 bits per heavy atom. The molecule has 0 amide bonds. The Hall–Kier alpha value is -1.07. The average Bonchev–Trinajstić information content (AvgIpc) is 2.32. The number of anilines is 1. The second-order valence-electron chi connectivity index (χ2n) is 4.27. The van der Waals surface area contributed by atoms with E-state index in [1.165, 1.54) is 0 Å². The standard InChI is InChI=1S/C11H17ClN4O/c1-7-5-8(3-4-13-7)15-10-9(12)6-14-11(16-10)17-2/h6-8,13H,3-5H2,1-2H3,(H,14,15,16). The predicted molar refractivity (Wildman–Crippen MR) is 67.7 cm³/mol. The molecular weight excluding hydrogens is 240 g/mol. The van der Waals surface area contributed by atoms with Gasteiger partial charge in [-0.15, -0.1) is 0 Å². The molecule has 0 bridgehead atoms. The summed E-state index contributed by atoms with van der Waals surface area (Å²) >= 11 is 6.05. The highest BCUT2D eigenvalue weighted by Crippen LogP contribution is 2.23. The molecule has 2 rings (SSSR count). The first-order valence-corrected chi connectivity index (χ1v) is 6.13. The average molecular weight is 257 g/mol. The molecule has 2 heterocycles. The van der Waals surface area contributed by atoms with Crippen molar-refractivity contribution in [3.63, 3.8) is 0 Å². The maximum absolute atomic E-state index is 6.05. The maximum Gasteiger partial charge on any atom is 0.318 e. The van der Waals surface area contributed by atoms with E-state index in [4.69, 9.17) is 16.3 Å². The zero-order chi connectivity index (χ0) is 12.3. The molecule has 6 heteroatoms. The highest BCUT2D eigenvalue weighted by Gasteiger charge is 2.19. The van der Waals surface area contributed by atoms with Crippen LogP contribution in [-0.2, 0) is 0 Å². The van der Waals surface area contributed by atoms with Crippen LogP contribution in [0.3, 0.4) is 0 Å². The lowest BCUT2D eigenvalue weighted by molar-refractivity contribution is 0.378. The molecule has 94 valence electrons. The van der Waals surface area contributed by atoms with Gasteiger partial charge in [0.2, 0.25) is 0 Å². The molecule has 2 atom stereocenters. The van der Waals surface area contributed by atoms with Crippen LogP contribution in [-0.4, -0.2) is 35.7 Å². The van der Waals surface area contributed by atoms with Crippen molar-refractivity contribution in [2.24, 2.45) is 0 Å². The molecule has 5 nitrogen and oxygen atoms in total. The second kappa shape index (κ2) is 5.51. The Bertz CT molecular complexity index is 388. The summed E-state index contributed by atoms with van der Waals surface area (Å²) in [5, 5.41) is 7.28.